The van der Waals surface area contributed by atoms with E-state index in [-0.39, 0.29) is 5.56 Å². The highest BCUT2D eigenvalue weighted by Crippen LogP contribution is 2.22. The van der Waals surface area contributed by atoms with Crippen molar-refractivity contribution in [2.45, 2.75) is 0 Å². The van der Waals surface area contributed by atoms with Gasteiger partial charge in [-0.05, 0) is 42.5 Å². The third-order valence-electron chi connectivity index (χ3n) is 5.19. The number of anilines is 2. The smallest absolute Gasteiger partial charge is 0.255 e. The van der Waals surface area contributed by atoms with Crippen molar-refractivity contribution in [3.63, 3.8) is 0 Å². The maximum absolute atomic E-state index is 13.4. The Balaban J connectivity index is 1.47. The molecule has 0 bridgehead atoms. The van der Waals surface area contributed by atoms with Crippen molar-refractivity contribution in [1.29, 1.82) is 0 Å². The minimum atomic E-state index is -1.06. The summed E-state index contributed by atoms with van der Waals surface area (Å²) in [7, 11) is 2.18. The van der Waals surface area contributed by atoms with Crippen LogP contribution in [0.25, 0.3) is 11.3 Å². The lowest BCUT2D eigenvalue weighted by atomic mass is 10.1. The third-order valence-corrected chi connectivity index (χ3v) is 5.19. The third kappa shape index (κ3) is 4.44. The summed E-state index contributed by atoms with van der Waals surface area (Å²) in [5, 5.41) is 11.4. The molecule has 1 aliphatic rings. The Morgan fingerprint density at radius 1 is 1.00 bits per heavy atom. The van der Waals surface area contributed by atoms with Crippen LogP contribution < -0.4 is 15.1 Å². The van der Waals surface area contributed by atoms with E-state index in [1.165, 1.54) is 11.0 Å². The number of carbonyl (C=O) groups excluding carboxylic acids is 1. The molecule has 2 N–H and O–H groups in total. The SMILES string of the molecule is C[NH+]1CCN(c2ccc(-c3cccc(NC(=O)c4ccc(F)c(F)c4)c3)nn2)CC1. The predicted molar refractivity (Wildman–Crippen MR) is 111 cm³/mol. The maximum Gasteiger partial charge on any atom is 0.255 e. The molecule has 6 nitrogen and oxygen atoms in total. The van der Waals surface area contributed by atoms with Crippen molar-refractivity contribution in [2.75, 3.05) is 43.4 Å². The number of hydrogen-bond acceptors (Lipinski definition) is 4. The number of hydrogen-bond donors (Lipinski definition) is 2. The first kappa shape index (κ1) is 19.9. The number of rotatable bonds is 4. The molecule has 30 heavy (non-hydrogen) atoms. The van der Waals surface area contributed by atoms with Crippen molar-refractivity contribution < 1.29 is 18.5 Å². The Morgan fingerprint density at radius 3 is 2.50 bits per heavy atom. The fourth-order valence-corrected chi connectivity index (χ4v) is 3.36. The molecule has 154 valence electrons. The number of piperazine rings is 1. The molecule has 1 amide bonds. The van der Waals surface area contributed by atoms with Crippen LogP contribution in [0.1, 0.15) is 10.4 Å². The number of amides is 1. The van der Waals surface area contributed by atoms with Gasteiger partial charge in [-0.25, -0.2) is 8.78 Å². The molecule has 1 aromatic heterocycles. The van der Waals surface area contributed by atoms with E-state index < -0.39 is 17.5 Å². The second-order valence-electron chi connectivity index (χ2n) is 7.38. The van der Waals surface area contributed by atoms with Crippen molar-refractivity contribution in [2.24, 2.45) is 0 Å². The van der Waals surface area contributed by atoms with Gasteiger partial charge in [0.05, 0.1) is 38.9 Å². The lowest BCUT2D eigenvalue weighted by Gasteiger charge is -2.30. The molecule has 4 rings (SSSR count). The zero-order valence-electron chi connectivity index (χ0n) is 16.5. The van der Waals surface area contributed by atoms with Crippen LogP contribution in [-0.4, -0.2) is 49.3 Å². The lowest BCUT2D eigenvalue weighted by molar-refractivity contribution is -0.880. The first-order valence-corrected chi connectivity index (χ1v) is 9.76. The molecule has 0 atom stereocenters. The molecule has 2 heterocycles. The van der Waals surface area contributed by atoms with Crippen molar-refractivity contribution in [3.05, 3.63) is 71.8 Å². The highest BCUT2D eigenvalue weighted by atomic mass is 19.2. The Labute approximate surface area is 173 Å². The molecule has 1 fully saturated rings. The Morgan fingerprint density at radius 2 is 1.80 bits per heavy atom. The number of aromatic nitrogens is 2. The summed E-state index contributed by atoms with van der Waals surface area (Å²) < 4.78 is 26.4. The van der Waals surface area contributed by atoms with Gasteiger partial charge in [-0.15, -0.1) is 10.2 Å². The number of nitrogens with one attached hydrogen (secondary N) is 2. The van der Waals surface area contributed by atoms with E-state index >= 15 is 0 Å². The van der Waals surface area contributed by atoms with Crippen LogP contribution in [0, 0.1) is 11.6 Å². The van der Waals surface area contributed by atoms with E-state index in [4.69, 9.17) is 0 Å². The Hall–Kier alpha value is -3.39. The number of nitrogens with zero attached hydrogens (tertiary/aromatic N) is 3. The second-order valence-corrected chi connectivity index (χ2v) is 7.38. The van der Waals surface area contributed by atoms with E-state index in [9.17, 15) is 13.6 Å². The van der Waals surface area contributed by atoms with E-state index in [1.54, 1.807) is 18.2 Å². The Bertz CT molecular complexity index is 1050. The van der Waals surface area contributed by atoms with Gasteiger partial charge in [0.2, 0.25) is 0 Å². The summed E-state index contributed by atoms with van der Waals surface area (Å²) in [6, 6.07) is 14.0. The fourth-order valence-electron chi connectivity index (χ4n) is 3.36. The Kier molecular flexibility index (Phi) is 5.67. The summed E-state index contributed by atoms with van der Waals surface area (Å²) >= 11 is 0. The second kappa shape index (κ2) is 8.54. The van der Waals surface area contributed by atoms with Gasteiger partial charge in [-0.2, -0.15) is 0 Å². The molecule has 2 aromatic carbocycles. The van der Waals surface area contributed by atoms with E-state index in [0.717, 1.165) is 49.7 Å². The van der Waals surface area contributed by atoms with Gasteiger partial charge in [0.15, 0.2) is 17.5 Å². The number of halogens is 2. The summed E-state index contributed by atoms with van der Waals surface area (Å²) in [6.45, 7) is 4.04. The normalized spacial score (nSPS) is 14.6. The molecule has 8 heteroatoms. The number of benzene rings is 2. The minimum absolute atomic E-state index is 0.0393. The summed E-state index contributed by atoms with van der Waals surface area (Å²) in [5.41, 5.74) is 2.04. The van der Waals surface area contributed by atoms with Crippen LogP contribution in [0.4, 0.5) is 20.3 Å². The van der Waals surface area contributed by atoms with Crippen LogP contribution in [0.15, 0.2) is 54.6 Å². The van der Waals surface area contributed by atoms with Crippen molar-refractivity contribution in [3.8, 4) is 11.3 Å². The monoisotopic (exact) mass is 410 g/mol. The standard InChI is InChI=1S/C22H21F2N5O/c1-28-9-11-29(12-10-28)21-8-7-20(26-27-21)15-3-2-4-17(13-15)25-22(30)16-5-6-18(23)19(24)14-16/h2-8,13-14H,9-12H2,1H3,(H,25,30)/p+1. The molecule has 3 aromatic rings. The number of quaternary nitrogens is 1. The molecule has 1 saturated heterocycles. The van der Waals surface area contributed by atoms with Crippen LogP contribution >= 0.6 is 0 Å². The molecule has 1 aliphatic heterocycles. The zero-order valence-corrected chi connectivity index (χ0v) is 16.5. The van der Waals surface area contributed by atoms with Gasteiger partial charge in [-0.3, -0.25) is 4.79 Å². The van der Waals surface area contributed by atoms with Crippen LogP contribution in [0.5, 0.6) is 0 Å². The van der Waals surface area contributed by atoms with Gasteiger partial charge < -0.3 is 15.1 Å². The largest absolute Gasteiger partial charge is 0.344 e. The average molecular weight is 410 g/mol. The average Bonchev–Trinajstić information content (AvgIpc) is 2.76. The van der Waals surface area contributed by atoms with Crippen LogP contribution in [0.3, 0.4) is 0 Å². The quantitative estimate of drug-likeness (QED) is 0.691. The van der Waals surface area contributed by atoms with Gasteiger partial charge in [0.1, 0.15) is 0 Å². The number of carbonyl (C=O) groups is 1. The highest BCUT2D eigenvalue weighted by molar-refractivity contribution is 6.04. The minimum Gasteiger partial charge on any atom is -0.344 e. The van der Waals surface area contributed by atoms with Crippen LogP contribution in [0.2, 0.25) is 0 Å². The molecule has 0 aliphatic carbocycles. The van der Waals surface area contributed by atoms with Gasteiger partial charge in [0.25, 0.3) is 5.91 Å². The molecule has 0 saturated carbocycles. The van der Waals surface area contributed by atoms with E-state index in [2.05, 4.69) is 27.5 Å². The predicted octanol–water partition coefficient (Wildman–Crippen LogP) is 2.01. The molecular weight excluding hydrogens is 388 g/mol. The van der Waals surface area contributed by atoms with Gasteiger partial charge >= 0.3 is 0 Å². The van der Waals surface area contributed by atoms with Crippen LogP contribution in [-0.2, 0) is 0 Å². The molecule has 0 radical (unpaired) electrons. The summed E-state index contributed by atoms with van der Waals surface area (Å²) in [4.78, 5) is 16.1. The maximum atomic E-state index is 13.4. The number of likely N-dealkylation sites (N-methyl/N-ethyl adjacent to an activating group) is 1. The van der Waals surface area contributed by atoms with Crippen molar-refractivity contribution in [1.82, 2.24) is 10.2 Å². The molecule has 0 spiro atoms. The highest BCUT2D eigenvalue weighted by Gasteiger charge is 2.18. The van der Waals surface area contributed by atoms with Crippen molar-refractivity contribution >= 4 is 17.4 Å². The van der Waals surface area contributed by atoms with E-state index in [1.807, 2.05) is 18.2 Å². The van der Waals surface area contributed by atoms with E-state index in [0.29, 0.717) is 11.4 Å². The summed E-state index contributed by atoms with van der Waals surface area (Å²) in [5.74, 6) is -1.72. The van der Waals surface area contributed by atoms with Gasteiger partial charge in [0, 0.05) is 16.8 Å². The fraction of sp³-hybridized carbons (Fsp3) is 0.227. The first-order valence-electron chi connectivity index (χ1n) is 9.76. The summed E-state index contributed by atoms with van der Waals surface area (Å²) in [6.07, 6.45) is 0. The lowest BCUT2D eigenvalue weighted by Crippen LogP contribution is -3.12. The first-order chi connectivity index (χ1) is 14.5. The zero-order chi connectivity index (χ0) is 21.1. The molecule has 0 unspecified atom stereocenters. The molecular formula is C22H22F2N5O+. The topological polar surface area (TPSA) is 62.6 Å². The van der Waals surface area contributed by atoms with Gasteiger partial charge in [-0.1, -0.05) is 12.1 Å².